The third kappa shape index (κ3) is 6.17. The number of hydrogen-bond acceptors (Lipinski definition) is 2. The summed E-state index contributed by atoms with van der Waals surface area (Å²) in [5, 5.41) is 0. The SMILES string of the molecule is Cc1ccc(S(=O)(=O)O)cc1.c1ccc([As](c2ccccc2)c2ccccc2)cc1. The van der Waals surface area contributed by atoms with Gasteiger partial charge in [0.25, 0.3) is 10.1 Å². The van der Waals surface area contributed by atoms with Crippen LogP contribution < -0.4 is 13.1 Å². The van der Waals surface area contributed by atoms with Crippen molar-refractivity contribution >= 4 is 37.8 Å². The molecule has 1 N–H and O–H groups in total. The minimum atomic E-state index is -4.02. The van der Waals surface area contributed by atoms with Crippen LogP contribution in [0.25, 0.3) is 0 Å². The Morgan fingerprint density at radius 1 is 0.567 bits per heavy atom. The van der Waals surface area contributed by atoms with Crippen LogP contribution in [0.2, 0.25) is 0 Å². The first-order valence-corrected chi connectivity index (χ1v) is 13.7. The quantitative estimate of drug-likeness (QED) is 0.361. The van der Waals surface area contributed by atoms with Crippen LogP contribution in [0, 0.1) is 6.92 Å². The Morgan fingerprint density at radius 3 is 1.20 bits per heavy atom. The average molecular weight is 478 g/mol. The van der Waals surface area contributed by atoms with E-state index in [4.69, 9.17) is 4.55 Å². The molecule has 0 unspecified atom stereocenters. The summed E-state index contributed by atoms with van der Waals surface area (Å²) in [5.74, 6) is 0. The van der Waals surface area contributed by atoms with Gasteiger partial charge in [0.2, 0.25) is 0 Å². The molecule has 0 aliphatic rings. The van der Waals surface area contributed by atoms with Crippen molar-refractivity contribution in [2.24, 2.45) is 0 Å². The molecule has 4 aromatic rings. The van der Waals surface area contributed by atoms with Crippen molar-refractivity contribution in [2.75, 3.05) is 0 Å². The van der Waals surface area contributed by atoms with E-state index in [-0.39, 0.29) is 4.90 Å². The van der Waals surface area contributed by atoms with E-state index in [2.05, 4.69) is 91.0 Å². The molecule has 0 radical (unpaired) electrons. The molecule has 0 amide bonds. The molecule has 0 saturated heterocycles. The minimum absolute atomic E-state index is 0.0666. The van der Waals surface area contributed by atoms with E-state index >= 15 is 0 Å². The first kappa shape index (κ1) is 22.0. The van der Waals surface area contributed by atoms with Gasteiger partial charge in [-0.15, -0.1) is 0 Å². The maximum absolute atomic E-state index is 10.5. The Kier molecular flexibility index (Phi) is 7.64. The molecule has 152 valence electrons. The molecule has 5 heteroatoms. The van der Waals surface area contributed by atoms with Gasteiger partial charge in [0.1, 0.15) is 0 Å². The third-order valence-electron chi connectivity index (χ3n) is 4.36. The second-order valence-electron chi connectivity index (χ2n) is 6.63. The third-order valence-corrected chi connectivity index (χ3v) is 10.4. The van der Waals surface area contributed by atoms with Gasteiger partial charge in [-0.25, -0.2) is 0 Å². The molecule has 0 fully saturated rings. The van der Waals surface area contributed by atoms with Gasteiger partial charge in [0.15, 0.2) is 0 Å². The fraction of sp³-hybridized carbons (Fsp3) is 0.0400. The van der Waals surface area contributed by atoms with E-state index < -0.39 is 24.8 Å². The molecule has 0 atom stereocenters. The molecule has 0 aliphatic carbocycles. The average Bonchev–Trinajstić information content (AvgIpc) is 2.76. The van der Waals surface area contributed by atoms with Gasteiger partial charge < -0.3 is 0 Å². The molecular weight excluding hydrogens is 455 g/mol. The van der Waals surface area contributed by atoms with Crippen LogP contribution in [0.5, 0.6) is 0 Å². The van der Waals surface area contributed by atoms with Crippen molar-refractivity contribution in [1.29, 1.82) is 0 Å². The molecule has 0 spiro atoms. The molecule has 0 aliphatic heterocycles. The van der Waals surface area contributed by atoms with Crippen LogP contribution in [-0.2, 0) is 10.1 Å². The zero-order chi connectivity index (χ0) is 21.4. The van der Waals surface area contributed by atoms with E-state index in [0.29, 0.717) is 0 Å². The topological polar surface area (TPSA) is 54.4 Å². The molecule has 0 heterocycles. The number of rotatable bonds is 4. The van der Waals surface area contributed by atoms with E-state index in [9.17, 15) is 8.42 Å². The van der Waals surface area contributed by atoms with Crippen LogP contribution in [0.4, 0.5) is 0 Å². The van der Waals surface area contributed by atoms with Crippen molar-refractivity contribution in [3.05, 3.63) is 121 Å². The van der Waals surface area contributed by atoms with Crippen molar-refractivity contribution in [3.63, 3.8) is 0 Å². The normalized spacial score (nSPS) is 10.9. The van der Waals surface area contributed by atoms with Gasteiger partial charge in [0.05, 0.1) is 4.90 Å². The van der Waals surface area contributed by atoms with Gasteiger partial charge in [-0.1, -0.05) is 17.7 Å². The van der Waals surface area contributed by atoms with Gasteiger partial charge in [0, 0.05) is 0 Å². The van der Waals surface area contributed by atoms with Gasteiger partial charge in [-0.3, -0.25) is 4.55 Å². The van der Waals surface area contributed by atoms with Crippen LogP contribution in [0.3, 0.4) is 0 Å². The second-order valence-corrected chi connectivity index (χ2v) is 12.7. The summed E-state index contributed by atoms with van der Waals surface area (Å²) < 4.78 is 34.0. The Hall–Kier alpha value is -2.65. The fourth-order valence-corrected chi connectivity index (χ4v) is 8.21. The summed E-state index contributed by atoms with van der Waals surface area (Å²) in [4.78, 5) is -0.0666. The summed E-state index contributed by atoms with van der Waals surface area (Å²) in [6.07, 6.45) is 0. The van der Waals surface area contributed by atoms with E-state index in [1.807, 2.05) is 6.92 Å². The van der Waals surface area contributed by atoms with Crippen molar-refractivity contribution in [1.82, 2.24) is 0 Å². The molecule has 3 nitrogen and oxygen atoms in total. The Balaban J connectivity index is 0.000000199. The van der Waals surface area contributed by atoms with Crippen LogP contribution in [0.15, 0.2) is 120 Å². The molecule has 0 saturated carbocycles. The van der Waals surface area contributed by atoms with Crippen molar-refractivity contribution in [2.45, 2.75) is 11.8 Å². The summed E-state index contributed by atoms with van der Waals surface area (Å²) in [7, 11) is -4.02. The summed E-state index contributed by atoms with van der Waals surface area (Å²) in [5.41, 5.74) is 0.956. The van der Waals surface area contributed by atoms with E-state index in [1.165, 1.54) is 25.2 Å². The molecular formula is C25H23AsO3S. The Bertz CT molecular complexity index is 1050. The summed E-state index contributed by atoms with van der Waals surface area (Å²) in [6, 6.07) is 38.7. The first-order chi connectivity index (χ1) is 14.4. The zero-order valence-electron chi connectivity index (χ0n) is 16.6. The Morgan fingerprint density at radius 2 is 0.900 bits per heavy atom. The molecule has 4 rings (SSSR count). The van der Waals surface area contributed by atoms with Crippen molar-refractivity contribution in [3.8, 4) is 0 Å². The zero-order valence-corrected chi connectivity index (χ0v) is 19.3. The monoisotopic (exact) mass is 478 g/mol. The predicted octanol–water partition coefficient (Wildman–Crippen LogP) is 3.44. The Labute approximate surface area is 183 Å². The standard InChI is InChI=1S/C18H15As.C7H8O3S/c1-4-10-16(11-5-1)19(17-12-6-2-7-13-17)18-14-8-3-9-15-18;1-6-2-4-7(5-3-6)11(8,9)10/h1-15H;2-5H,1H3,(H,8,9,10). The van der Waals surface area contributed by atoms with Gasteiger partial charge in [-0.2, -0.15) is 8.42 Å². The molecule has 0 bridgehead atoms. The fourth-order valence-electron chi connectivity index (χ4n) is 2.89. The molecule has 0 aromatic heterocycles. The predicted molar refractivity (Wildman–Crippen MR) is 125 cm³/mol. The molecule has 4 aromatic carbocycles. The second kappa shape index (κ2) is 10.4. The van der Waals surface area contributed by atoms with E-state index in [0.717, 1.165) is 5.56 Å². The number of benzene rings is 4. The number of aryl methyl sites for hydroxylation is 1. The van der Waals surface area contributed by atoms with Crippen LogP contribution in [0.1, 0.15) is 5.56 Å². The van der Waals surface area contributed by atoms with Crippen LogP contribution in [-0.4, -0.2) is 27.6 Å². The summed E-state index contributed by atoms with van der Waals surface area (Å²) >= 11 is -1.39. The van der Waals surface area contributed by atoms with Gasteiger partial charge >= 0.3 is 119 Å². The number of hydrogen-bond donors (Lipinski definition) is 1. The van der Waals surface area contributed by atoms with Crippen LogP contribution >= 0.6 is 0 Å². The summed E-state index contributed by atoms with van der Waals surface area (Å²) in [6.45, 7) is 1.84. The van der Waals surface area contributed by atoms with Crippen molar-refractivity contribution < 1.29 is 13.0 Å². The first-order valence-electron chi connectivity index (χ1n) is 9.44. The molecule has 30 heavy (non-hydrogen) atoms. The van der Waals surface area contributed by atoms with Gasteiger partial charge in [-0.05, 0) is 19.1 Å². The maximum atomic E-state index is 10.5. The van der Waals surface area contributed by atoms with E-state index in [1.54, 1.807) is 12.1 Å².